The summed E-state index contributed by atoms with van der Waals surface area (Å²) in [5.41, 5.74) is 3.13. The molecule has 0 aliphatic rings. The number of carbonyl (C=O) groups excluding carboxylic acids is 1. The number of amides is 1. The molecular weight excluding hydrogens is 270 g/mol. The largest absolute Gasteiger partial charge is 0.337 e. The van der Waals surface area contributed by atoms with Crippen molar-refractivity contribution in [2.24, 2.45) is 0 Å². The molecule has 0 saturated heterocycles. The maximum atomic E-state index is 12.8. The van der Waals surface area contributed by atoms with E-state index in [1.165, 1.54) is 5.56 Å². The molecule has 22 heavy (non-hydrogen) atoms. The maximum absolute atomic E-state index is 12.8. The van der Waals surface area contributed by atoms with Crippen molar-refractivity contribution < 1.29 is 4.79 Å². The van der Waals surface area contributed by atoms with Crippen molar-refractivity contribution in [3.63, 3.8) is 0 Å². The standard InChI is InChI=1S/C20H19NO/c1-15-10-12-16(13-11-15)14-21(2)20(22)19-9-5-7-17-6-3-4-8-18(17)19/h3-13H,14H2,1-2H3. The molecule has 0 aliphatic carbocycles. The molecule has 0 bridgehead atoms. The van der Waals surface area contributed by atoms with Crippen molar-refractivity contribution in [2.75, 3.05) is 7.05 Å². The number of rotatable bonds is 3. The third-order valence-corrected chi connectivity index (χ3v) is 3.91. The normalized spacial score (nSPS) is 10.6. The van der Waals surface area contributed by atoms with Crippen LogP contribution in [0.3, 0.4) is 0 Å². The van der Waals surface area contributed by atoms with E-state index in [1.807, 2.05) is 49.5 Å². The van der Waals surface area contributed by atoms with Crippen LogP contribution in [-0.4, -0.2) is 17.9 Å². The molecule has 0 saturated carbocycles. The summed E-state index contributed by atoms with van der Waals surface area (Å²) >= 11 is 0. The Bertz CT molecular complexity index is 800. The summed E-state index contributed by atoms with van der Waals surface area (Å²) in [5.74, 6) is 0.0531. The molecule has 3 aromatic rings. The second kappa shape index (κ2) is 6.02. The van der Waals surface area contributed by atoms with Crippen molar-refractivity contribution in [1.82, 2.24) is 4.90 Å². The Morgan fingerprint density at radius 3 is 2.36 bits per heavy atom. The number of fused-ring (bicyclic) bond motifs is 1. The van der Waals surface area contributed by atoms with Gasteiger partial charge >= 0.3 is 0 Å². The maximum Gasteiger partial charge on any atom is 0.254 e. The molecule has 2 nitrogen and oxygen atoms in total. The third-order valence-electron chi connectivity index (χ3n) is 3.91. The molecule has 0 spiro atoms. The molecule has 0 atom stereocenters. The summed E-state index contributed by atoms with van der Waals surface area (Å²) in [6.45, 7) is 2.68. The van der Waals surface area contributed by atoms with Gasteiger partial charge in [-0.1, -0.05) is 66.2 Å². The average molecular weight is 289 g/mol. The van der Waals surface area contributed by atoms with Crippen LogP contribution in [0.25, 0.3) is 10.8 Å². The topological polar surface area (TPSA) is 20.3 Å². The van der Waals surface area contributed by atoms with Crippen molar-refractivity contribution in [2.45, 2.75) is 13.5 Å². The number of carbonyl (C=O) groups is 1. The van der Waals surface area contributed by atoms with Crippen LogP contribution in [0.1, 0.15) is 21.5 Å². The molecule has 2 heteroatoms. The van der Waals surface area contributed by atoms with Gasteiger partial charge in [-0.25, -0.2) is 0 Å². The van der Waals surface area contributed by atoms with Gasteiger partial charge in [0.25, 0.3) is 5.91 Å². The highest BCUT2D eigenvalue weighted by molar-refractivity contribution is 6.06. The summed E-state index contributed by atoms with van der Waals surface area (Å²) in [5, 5.41) is 2.10. The van der Waals surface area contributed by atoms with Crippen LogP contribution in [-0.2, 0) is 6.54 Å². The Labute approximate surface area is 131 Å². The first kappa shape index (κ1) is 14.3. The van der Waals surface area contributed by atoms with Crippen LogP contribution in [0, 0.1) is 6.92 Å². The van der Waals surface area contributed by atoms with Crippen molar-refractivity contribution >= 4 is 16.7 Å². The van der Waals surface area contributed by atoms with E-state index >= 15 is 0 Å². The Morgan fingerprint density at radius 1 is 0.909 bits per heavy atom. The molecule has 0 radical (unpaired) electrons. The lowest BCUT2D eigenvalue weighted by Gasteiger charge is -2.18. The van der Waals surface area contributed by atoms with Crippen LogP contribution < -0.4 is 0 Å². The Hall–Kier alpha value is -2.61. The van der Waals surface area contributed by atoms with Gasteiger partial charge in [0, 0.05) is 19.2 Å². The minimum absolute atomic E-state index is 0.0531. The van der Waals surface area contributed by atoms with Gasteiger partial charge in [-0.15, -0.1) is 0 Å². The highest BCUT2D eigenvalue weighted by Gasteiger charge is 2.14. The Kier molecular flexibility index (Phi) is 3.92. The predicted octanol–water partition coefficient (Wildman–Crippen LogP) is 4.42. The van der Waals surface area contributed by atoms with Gasteiger partial charge in [0.1, 0.15) is 0 Å². The molecule has 3 aromatic carbocycles. The van der Waals surface area contributed by atoms with E-state index < -0.39 is 0 Å². The monoisotopic (exact) mass is 289 g/mol. The van der Waals surface area contributed by atoms with Gasteiger partial charge in [0.05, 0.1) is 0 Å². The molecule has 110 valence electrons. The van der Waals surface area contributed by atoms with Crippen LogP contribution in [0.15, 0.2) is 66.7 Å². The van der Waals surface area contributed by atoms with Gasteiger partial charge in [-0.05, 0) is 29.3 Å². The molecule has 0 unspecified atom stereocenters. The molecule has 0 aliphatic heterocycles. The van der Waals surface area contributed by atoms with E-state index in [1.54, 1.807) is 4.90 Å². The SMILES string of the molecule is Cc1ccc(CN(C)C(=O)c2cccc3ccccc23)cc1. The van der Waals surface area contributed by atoms with Crippen molar-refractivity contribution in [3.05, 3.63) is 83.4 Å². The second-order valence-corrected chi connectivity index (χ2v) is 5.67. The molecular formula is C20H19NO. The highest BCUT2D eigenvalue weighted by atomic mass is 16.2. The van der Waals surface area contributed by atoms with Crippen molar-refractivity contribution in [3.8, 4) is 0 Å². The predicted molar refractivity (Wildman–Crippen MR) is 90.9 cm³/mol. The van der Waals surface area contributed by atoms with E-state index in [4.69, 9.17) is 0 Å². The van der Waals surface area contributed by atoms with Crippen LogP contribution in [0.4, 0.5) is 0 Å². The van der Waals surface area contributed by atoms with Gasteiger partial charge in [0.15, 0.2) is 0 Å². The lowest BCUT2D eigenvalue weighted by molar-refractivity contribution is 0.0787. The minimum atomic E-state index is 0.0531. The van der Waals surface area contributed by atoms with Crippen LogP contribution in [0.2, 0.25) is 0 Å². The van der Waals surface area contributed by atoms with Crippen LogP contribution >= 0.6 is 0 Å². The van der Waals surface area contributed by atoms with Gasteiger partial charge in [-0.3, -0.25) is 4.79 Å². The fraction of sp³-hybridized carbons (Fsp3) is 0.150. The summed E-state index contributed by atoms with van der Waals surface area (Å²) < 4.78 is 0. The van der Waals surface area contributed by atoms with Gasteiger partial charge in [-0.2, -0.15) is 0 Å². The molecule has 3 rings (SSSR count). The minimum Gasteiger partial charge on any atom is -0.337 e. The fourth-order valence-electron chi connectivity index (χ4n) is 2.66. The van der Waals surface area contributed by atoms with E-state index in [9.17, 15) is 4.79 Å². The van der Waals surface area contributed by atoms with E-state index in [0.717, 1.165) is 21.9 Å². The second-order valence-electron chi connectivity index (χ2n) is 5.67. The lowest BCUT2D eigenvalue weighted by atomic mass is 10.0. The third kappa shape index (κ3) is 2.86. The first-order chi connectivity index (χ1) is 10.6. The lowest BCUT2D eigenvalue weighted by Crippen LogP contribution is -2.26. The first-order valence-electron chi connectivity index (χ1n) is 7.44. The zero-order valence-corrected chi connectivity index (χ0v) is 12.9. The summed E-state index contributed by atoms with van der Waals surface area (Å²) in [4.78, 5) is 14.5. The summed E-state index contributed by atoms with van der Waals surface area (Å²) in [7, 11) is 1.85. The number of nitrogens with zero attached hydrogens (tertiary/aromatic N) is 1. The number of hydrogen-bond acceptors (Lipinski definition) is 1. The fourth-order valence-corrected chi connectivity index (χ4v) is 2.66. The van der Waals surface area contributed by atoms with E-state index in [-0.39, 0.29) is 5.91 Å². The molecule has 0 heterocycles. The Morgan fingerprint density at radius 2 is 1.59 bits per heavy atom. The molecule has 0 N–H and O–H groups in total. The quantitative estimate of drug-likeness (QED) is 0.699. The zero-order chi connectivity index (χ0) is 15.5. The molecule has 0 fully saturated rings. The van der Waals surface area contributed by atoms with Crippen molar-refractivity contribution in [1.29, 1.82) is 0 Å². The Balaban J connectivity index is 1.87. The number of aryl methyl sites for hydroxylation is 1. The zero-order valence-electron chi connectivity index (χ0n) is 12.9. The van der Waals surface area contributed by atoms with E-state index in [0.29, 0.717) is 6.54 Å². The smallest absolute Gasteiger partial charge is 0.254 e. The number of benzene rings is 3. The number of hydrogen-bond donors (Lipinski definition) is 0. The van der Waals surface area contributed by atoms with Crippen LogP contribution in [0.5, 0.6) is 0 Å². The highest BCUT2D eigenvalue weighted by Crippen LogP contribution is 2.20. The summed E-state index contributed by atoms with van der Waals surface area (Å²) in [6.07, 6.45) is 0. The van der Waals surface area contributed by atoms with Gasteiger partial charge < -0.3 is 4.90 Å². The molecule has 0 aromatic heterocycles. The van der Waals surface area contributed by atoms with E-state index in [2.05, 4.69) is 31.2 Å². The van der Waals surface area contributed by atoms with Gasteiger partial charge in [0.2, 0.25) is 0 Å². The molecule has 1 amide bonds. The first-order valence-corrected chi connectivity index (χ1v) is 7.44. The summed E-state index contributed by atoms with van der Waals surface area (Å²) in [6, 6.07) is 22.2. The average Bonchev–Trinajstić information content (AvgIpc) is 2.55.